The summed E-state index contributed by atoms with van der Waals surface area (Å²) in [5.41, 5.74) is 0. The second-order valence-electron chi connectivity index (χ2n) is 3.45. The summed E-state index contributed by atoms with van der Waals surface area (Å²) in [5.74, 6) is -0.0564. The van der Waals surface area contributed by atoms with Gasteiger partial charge >= 0.3 is 6.09 Å². The Labute approximate surface area is 95.6 Å². The molecule has 1 unspecified atom stereocenters. The van der Waals surface area contributed by atoms with E-state index in [9.17, 15) is 9.59 Å². The number of hydrogen-bond acceptors (Lipinski definition) is 4. The van der Waals surface area contributed by atoms with E-state index in [0.717, 1.165) is 0 Å². The Balaban J connectivity index is 2.19. The van der Waals surface area contributed by atoms with Crippen LogP contribution in [-0.2, 0) is 4.79 Å². The first kappa shape index (κ1) is 10.9. The fourth-order valence-corrected chi connectivity index (χ4v) is 1.75. The van der Waals surface area contributed by atoms with Gasteiger partial charge in [0.1, 0.15) is 12.4 Å². The molecule has 1 saturated heterocycles. The van der Waals surface area contributed by atoms with Gasteiger partial charge in [-0.1, -0.05) is 0 Å². The van der Waals surface area contributed by atoms with Crippen molar-refractivity contribution in [3.63, 3.8) is 0 Å². The van der Waals surface area contributed by atoms with Gasteiger partial charge in [-0.15, -0.1) is 5.10 Å². The van der Waals surface area contributed by atoms with Crippen LogP contribution in [0.15, 0.2) is 6.33 Å². The molecular weight excluding hydrogens is 236 g/mol. The molecule has 16 heavy (non-hydrogen) atoms. The molecule has 1 fully saturated rings. The van der Waals surface area contributed by atoms with Crippen molar-refractivity contribution in [2.24, 2.45) is 0 Å². The number of carbonyl (C=O) groups excluding carboxylic acids is 1. The van der Waals surface area contributed by atoms with Crippen molar-refractivity contribution in [2.75, 3.05) is 13.1 Å². The summed E-state index contributed by atoms with van der Waals surface area (Å²) in [6.45, 7) is 0.320. The highest BCUT2D eigenvalue weighted by Gasteiger charge is 2.31. The normalized spacial score (nSPS) is 21.2. The molecule has 0 aliphatic carbocycles. The topological polar surface area (TPSA) is 88.3 Å². The highest BCUT2D eigenvalue weighted by Crippen LogP contribution is 2.17. The number of amides is 1. The minimum Gasteiger partial charge on any atom is -0.465 e. The van der Waals surface area contributed by atoms with Crippen molar-refractivity contribution in [1.29, 1.82) is 0 Å². The van der Waals surface area contributed by atoms with Crippen molar-refractivity contribution in [3.05, 3.63) is 11.6 Å². The molecule has 1 aliphatic heterocycles. The summed E-state index contributed by atoms with van der Waals surface area (Å²) < 4.78 is 1.31. The maximum absolute atomic E-state index is 11.6. The first-order valence-electron chi connectivity index (χ1n) is 4.65. The van der Waals surface area contributed by atoms with Gasteiger partial charge in [-0.3, -0.25) is 4.79 Å². The minimum atomic E-state index is -1.04. The number of carboxylic acid groups (broad SMARTS) is 1. The zero-order valence-electron chi connectivity index (χ0n) is 8.21. The Morgan fingerprint density at radius 3 is 2.94 bits per heavy atom. The second kappa shape index (κ2) is 4.09. The fraction of sp³-hybridized carbons (Fsp3) is 0.500. The van der Waals surface area contributed by atoms with Crippen LogP contribution in [0, 0.1) is 0 Å². The molecule has 1 aromatic heterocycles. The lowest BCUT2D eigenvalue weighted by atomic mass is 10.1. The summed E-state index contributed by atoms with van der Waals surface area (Å²) in [6, 6.07) is -0.621. The van der Waals surface area contributed by atoms with Crippen molar-refractivity contribution in [2.45, 2.75) is 12.5 Å². The third kappa shape index (κ3) is 1.99. The van der Waals surface area contributed by atoms with E-state index < -0.39 is 12.1 Å². The molecule has 2 heterocycles. The Morgan fingerprint density at radius 2 is 2.38 bits per heavy atom. The number of ketones is 1. The molecule has 1 amide bonds. The van der Waals surface area contributed by atoms with E-state index in [2.05, 4.69) is 10.1 Å². The van der Waals surface area contributed by atoms with E-state index in [1.807, 2.05) is 0 Å². The zero-order valence-corrected chi connectivity index (χ0v) is 8.96. The van der Waals surface area contributed by atoms with Gasteiger partial charge in [0.05, 0.1) is 6.54 Å². The van der Waals surface area contributed by atoms with Crippen molar-refractivity contribution in [3.8, 4) is 0 Å². The third-order valence-corrected chi connectivity index (χ3v) is 2.64. The van der Waals surface area contributed by atoms with E-state index in [1.165, 1.54) is 15.9 Å². The van der Waals surface area contributed by atoms with Crippen molar-refractivity contribution in [1.82, 2.24) is 19.7 Å². The average Bonchev–Trinajstić information content (AvgIpc) is 2.65. The first-order chi connectivity index (χ1) is 7.58. The molecule has 0 spiro atoms. The molecule has 0 saturated carbocycles. The standard InChI is InChI=1S/C8H9ClN4O3/c9-7-10-4-13(11-7)5-3-12(8(15)16)2-1-6(5)14/h4-5H,1-3H2,(H,15,16). The molecule has 1 aromatic rings. The maximum atomic E-state index is 11.6. The molecular formula is C8H9ClN4O3. The van der Waals surface area contributed by atoms with E-state index >= 15 is 0 Å². The lowest BCUT2D eigenvalue weighted by molar-refractivity contribution is -0.125. The van der Waals surface area contributed by atoms with Crippen molar-refractivity contribution >= 4 is 23.5 Å². The average molecular weight is 245 g/mol. The lowest BCUT2D eigenvalue weighted by Gasteiger charge is -2.29. The van der Waals surface area contributed by atoms with Crippen LogP contribution in [0.5, 0.6) is 0 Å². The van der Waals surface area contributed by atoms with Crippen LogP contribution in [0.1, 0.15) is 12.5 Å². The molecule has 7 nitrogen and oxygen atoms in total. The van der Waals surface area contributed by atoms with Crippen LogP contribution in [0.2, 0.25) is 5.28 Å². The molecule has 0 bridgehead atoms. The Hall–Kier alpha value is -1.63. The third-order valence-electron chi connectivity index (χ3n) is 2.46. The van der Waals surface area contributed by atoms with Gasteiger partial charge in [-0.05, 0) is 11.6 Å². The van der Waals surface area contributed by atoms with E-state index in [1.54, 1.807) is 0 Å². The Bertz CT molecular complexity index is 433. The molecule has 8 heteroatoms. The highest BCUT2D eigenvalue weighted by atomic mass is 35.5. The largest absolute Gasteiger partial charge is 0.465 e. The SMILES string of the molecule is O=C1CCN(C(=O)O)CC1n1cnc(Cl)n1. The minimum absolute atomic E-state index is 0.0419. The quantitative estimate of drug-likeness (QED) is 0.774. The van der Waals surface area contributed by atoms with Gasteiger partial charge in [-0.25, -0.2) is 14.5 Å². The second-order valence-corrected chi connectivity index (χ2v) is 3.79. The van der Waals surface area contributed by atoms with E-state index in [0.29, 0.717) is 0 Å². The summed E-state index contributed by atoms with van der Waals surface area (Å²) in [5, 5.41) is 12.7. The summed E-state index contributed by atoms with van der Waals surface area (Å²) >= 11 is 5.54. The number of aromatic nitrogens is 3. The van der Waals surface area contributed by atoms with Gasteiger partial charge in [0.2, 0.25) is 5.28 Å². The predicted molar refractivity (Wildman–Crippen MR) is 53.3 cm³/mol. The molecule has 1 N–H and O–H groups in total. The molecule has 0 radical (unpaired) electrons. The van der Waals surface area contributed by atoms with Gasteiger partial charge in [-0.2, -0.15) is 0 Å². The predicted octanol–water partition coefficient (Wildman–Crippen LogP) is 0.425. The number of halogens is 1. The van der Waals surface area contributed by atoms with Crippen LogP contribution in [0.3, 0.4) is 0 Å². The molecule has 1 aliphatic rings. The van der Waals surface area contributed by atoms with Gasteiger partial charge in [0.15, 0.2) is 5.78 Å². The maximum Gasteiger partial charge on any atom is 0.407 e. The number of nitrogens with zero attached hydrogens (tertiary/aromatic N) is 4. The fourth-order valence-electron chi connectivity index (χ4n) is 1.62. The number of hydrogen-bond donors (Lipinski definition) is 1. The number of piperidine rings is 1. The number of carbonyl (C=O) groups is 2. The Morgan fingerprint density at radius 1 is 1.62 bits per heavy atom. The number of likely N-dealkylation sites (tertiary alicyclic amines) is 1. The summed E-state index contributed by atoms with van der Waals surface area (Å²) in [6.07, 6.45) is 0.480. The molecule has 2 rings (SSSR count). The smallest absolute Gasteiger partial charge is 0.407 e. The monoisotopic (exact) mass is 244 g/mol. The van der Waals surface area contributed by atoms with Crippen LogP contribution in [-0.4, -0.2) is 49.7 Å². The number of Topliss-reactive ketones (excluding diaryl/α,β-unsaturated/α-hetero) is 1. The highest BCUT2D eigenvalue weighted by molar-refractivity contribution is 6.28. The Kier molecular flexibility index (Phi) is 2.78. The summed E-state index contributed by atoms with van der Waals surface area (Å²) in [7, 11) is 0. The summed E-state index contributed by atoms with van der Waals surface area (Å²) in [4.78, 5) is 27.3. The molecule has 86 valence electrons. The van der Waals surface area contributed by atoms with Crippen molar-refractivity contribution < 1.29 is 14.7 Å². The zero-order chi connectivity index (χ0) is 11.7. The first-order valence-corrected chi connectivity index (χ1v) is 5.03. The van der Waals surface area contributed by atoms with Gasteiger partial charge in [0, 0.05) is 13.0 Å². The van der Waals surface area contributed by atoms with Crippen LogP contribution >= 0.6 is 11.6 Å². The van der Waals surface area contributed by atoms with E-state index in [4.69, 9.17) is 16.7 Å². The van der Waals surface area contributed by atoms with Crippen LogP contribution < -0.4 is 0 Å². The molecule has 1 atom stereocenters. The van der Waals surface area contributed by atoms with E-state index in [-0.39, 0.29) is 30.6 Å². The van der Waals surface area contributed by atoms with Gasteiger partial charge < -0.3 is 10.0 Å². The van der Waals surface area contributed by atoms with Crippen LogP contribution in [0.25, 0.3) is 0 Å². The van der Waals surface area contributed by atoms with Crippen LogP contribution in [0.4, 0.5) is 4.79 Å². The number of rotatable bonds is 1. The molecule has 0 aromatic carbocycles. The lowest BCUT2D eigenvalue weighted by Crippen LogP contribution is -2.44. The van der Waals surface area contributed by atoms with Gasteiger partial charge in [0.25, 0.3) is 0 Å².